The molecule has 1 atom stereocenters. The van der Waals surface area contributed by atoms with Crippen molar-refractivity contribution >= 4 is 17.7 Å². The molecule has 0 bridgehead atoms. The Balaban J connectivity index is 1.80. The summed E-state index contributed by atoms with van der Waals surface area (Å²) < 4.78 is 0. The Kier molecular flexibility index (Phi) is 3.61. The number of nitrogens with one attached hydrogen (secondary N) is 1. The molecule has 2 rings (SSSR count). The van der Waals surface area contributed by atoms with Crippen LogP contribution >= 0.6 is 11.8 Å². The van der Waals surface area contributed by atoms with Gasteiger partial charge in [0.2, 0.25) is 5.91 Å². The lowest BCUT2D eigenvalue weighted by Gasteiger charge is -2.09. The lowest BCUT2D eigenvalue weighted by Crippen LogP contribution is -2.30. The number of amides is 1. The van der Waals surface area contributed by atoms with Crippen molar-refractivity contribution in [3.63, 3.8) is 0 Å². The highest BCUT2D eigenvalue weighted by Gasteiger charge is 2.22. The van der Waals surface area contributed by atoms with Gasteiger partial charge in [0, 0.05) is 30.6 Å². The van der Waals surface area contributed by atoms with Gasteiger partial charge in [-0.2, -0.15) is 11.8 Å². The molecular formula is C11H14N2OS. The second-order valence-corrected chi connectivity index (χ2v) is 4.79. The van der Waals surface area contributed by atoms with Gasteiger partial charge >= 0.3 is 0 Å². The van der Waals surface area contributed by atoms with Crippen LogP contribution in [-0.4, -0.2) is 22.4 Å². The predicted molar refractivity (Wildman–Crippen MR) is 61.5 cm³/mol. The van der Waals surface area contributed by atoms with Crippen molar-refractivity contribution in [2.45, 2.75) is 13.0 Å². The van der Waals surface area contributed by atoms with Crippen LogP contribution in [0.1, 0.15) is 12.0 Å². The van der Waals surface area contributed by atoms with Gasteiger partial charge in [-0.3, -0.25) is 9.78 Å². The lowest BCUT2D eigenvalue weighted by molar-refractivity contribution is -0.124. The number of carbonyl (C=O) groups is 1. The fraction of sp³-hybridized carbons (Fsp3) is 0.455. The highest BCUT2D eigenvalue weighted by atomic mass is 32.2. The third kappa shape index (κ3) is 2.96. The first-order valence-electron chi connectivity index (χ1n) is 5.10. The molecule has 1 aromatic heterocycles. The molecule has 1 fully saturated rings. The van der Waals surface area contributed by atoms with Gasteiger partial charge in [-0.1, -0.05) is 6.07 Å². The molecule has 1 aliphatic rings. The van der Waals surface area contributed by atoms with Crippen LogP contribution in [0.5, 0.6) is 0 Å². The van der Waals surface area contributed by atoms with Crippen LogP contribution in [0.3, 0.4) is 0 Å². The van der Waals surface area contributed by atoms with E-state index in [1.807, 2.05) is 23.9 Å². The van der Waals surface area contributed by atoms with Gasteiger partial charge in [0.25, 0.3) is 0 Å². The van der Waals surface area contributed by atoms with Crippen LogP contribution in [-0.2, 0) is 11.3 Å². The lowest BCUT2D eigenvalue weighted by atomic mass is 10.1. The molecule has 0 radical (unpaired) electrons. The average molecular weight is 222 g/mol. The molecule has 0 saturated carbocycles. The Morgan fingerprint density at radius 3 is 3.27 bits per heavy atom. The van der Waals surface area contributed by atoms with Crippen molar-refractivity contribution in [1.82, 2.24) is 10.3 Å². The van der Waals surface area contributed by atoms with Crippen molar-refractivity contribution in [3.8, 4) is 0 Å². The first-order valence-corrected chi connectivity index (χ1v) is 6.26. The van der Waals surface area contributed by atoms with E-state index in [-0.39, 0.29) is 11.8 Å². The van der Waals surface area contributed by atoms with E-state index in [0.29, 0.717) is 6.54 Å². The van der Waals surface area contributed by atoms with Crippen LogP contribution in [0.15, 0.2) is 24.5 Å². The number of hydrogen-bond acceptors (Lipinski definition) is 3. The van der Waals surface area contributed by atoms with E-state index in [1.165, 1.54) is 0 Å². The third-order valence-corrected chi connectivity index (χ3v) is 3.65. The van der Waals surface area contributed by atoms with Crippen LogP contribution in [0, 0.1) is 5.92 Å². The van der Waals surface area contributed by atoms with E-state index < -0.39 is 0 Å². The Bertz CT molecular complexity index is 323. The highest BCUT2D eigenvalue weighted by Crippen LogP contribution is 2.23. The second kappa shape index (κ2) is 5.16. The Morgan fingerprint density at radius 1 is 1.67 bits per heavy atom. The summed E-state index contributed by atoms with van der Waals surface area (Å²) in [5.41, 5.74) is 1.05. The summed E-state index contributed by atoms with van der Waals surface area (Å²) in [7, 11) is 0. The largest absolute Gasteiger partial charge is 0.352 e. The van der Waals surface area contributed by atoms with Crippen molar-refractivity contribution in [2.75, 3.05) is 11.5 Å². The van der Waals surface area contributed by atoms with E-state index in [2.05, 4.69) is 10.3 Å². The normalized spacial score (nSPS) is 20.1. The topological polar surface area (TPSA) is 42.0 Å². The molecule has 80 valence electrons. The summed E-state index contributed by atoms with van der Waals surface area (Å²) in [4.78, 5) is 15.7. The number of pyridine rings is 1. The van der Waals surface area contributed by atoms with E-state index in [1.54, 1.807) is 12.4 Å². The molecule has 15 heavy (non-hydrogen) atoms. The van der Waals surface area contributed by atoms with E-state index >= 15 is 0 Å². The zero-order valence-electron chi connectivity index (χ0n) is 8.48. The standard InChI is InChI=1S/C11H14N2OS/c14-11(10-3-5-15-8-10)13-7-9-2-1-4-12-6-9/h1-2,4,6,10H,3,5,7-8H2,(H,13,14). The summed E-state index contributed by atoms with van der Waals surface area (Å²) >= 11 is 1.86. The van der Waals surface area contributed by atoms with Crippen molar-refractivity contribution in [2.24, 2.45) is 5.92 Å². The van der Waals surface area contributed by atoms with Crippen molar-refractivity contribution in [3.05, 3.63) is 30.1 Å². The van der Waals surface area contributed by atoms with E-state index in [4.69, 9.17) is 0 Å². The number of carbonyl (C=O) groups excluding carboxylic acids is 1. The van der Waals surface area contributed by atoms with Crippen molar-refractivity contribution in [1.29, 1.82) is 0 Å². The van der Waals surface area contributed by atoms with Gasteiger partial charge in [-0.05, 0) is 23.8 Å². The number of thioether (sulfide) groups is 1. The minimum Gasteiger partial charge on any atom is -0.352 e. The molecule has 1 aromatic rings. The molecule has 4 heteroatoms. The van der Waals surface area contributed by atoms with Gasteiger partial charge < -0.3 is 5.32 Å². The second-order valence-electron chi connectivity index (χ2n) is 3.64. The van der Waals surface area contributed by atoms with Crippen LogP contribution in [0.2, 0.25) is 0 Å². The summed E-state index contributed by atoms with van der Waals surface area (Å²) in [6.45, 7) is 0.591. The molecule has 1 aliphatic heterocycles. The summed E-state index contributed by atoms with van der Waals surface area (Å²) in [6, 6.07) is 3.85. The van der Waals surface area contributed by atoms with E-state index in [0.717, 1.165) is 23.5 Å². The zero-order valence-corrected chi connectivity index (χ0v) is 9.30. The Labute approximate surface area is 93.7 Å². The van der Waals surface area contributed by atoms with Gasteiger partial charge in [-0.15, -0.1) is 0 Å². The molecule has 0 aliphatic carbocycles. The third-order valence-electron chi connectivity index (χ3n) is 2.49. The number of rotatable bonds is 3. The minimum atomic E-state index is 0.184. The van der Waals surface area contributed by atoms with Gasteiger partial charge in [0.05, 0.1) is 0 Å². The monoisotopic (exact) mass is 222 g/mol. The molecule has 3 nitrogen and oxygen atoms in total. The molecule has 1 amide bonds. The molecule has 2 heterocycles. The van der Waals surface area contributed by atoms with Crippen molar-refractivity contribution < 1.29 is 4.79 Å². The first-order chi connectivity index (χ1) is 7.36. The zero-order chi connectivity index (χ0) is 10.5. The minimum absolute atomic E-state index is 0.184. The molecule has 1 saturated heterocycles. The van der Waals surface area contributed by atoms with Gasteiger partial charge in [-0.25, -0.2) is 0 Å². The maximum atomic E-state index is 11.7. The molecular weight excluding hydrogens is 208 g/mol. The quantitative estimate of drug-likeness (QED) is 0.841. The number of nitrogens with zero attached hydrogens (tertiary/aromatic N) is 1. The fourth-order valence-electron chi connectivity index (χ4n) is 1.58. The summed E-state index contributed by atoms with van der Waals surface area (Å²) in [5, 5.41) is 2.95. The fourth-order valence-corrected chi connectivity index (χ4v) is 2.80. The predicted octanol–water partition coefficient (Wildman–Crippen LogP) is 1.45. The number of aromatic nitrogens is 1. The number of hydrogen-bond donors (Lipinski definition) is 1. The summed E-state index contributed by atoms with van der Waals surface area (Å²) in [6.07, 6.45) is 4.53. The Hall–Kier alpha value is -1.03. The van der Waals surface area contributed by atoms with Gasteiger partial charge in [0.1, 0.15) is 0 Å². The molecule has 0 aromatic carbocycles. The average Bonchev–Trinajstić information content (AvgIpc) is 2.81. The maximum Gasteiger partial charge on any atom is 0.224 e. The van der Waals surface area contributed by atoms with Crippen LogP contribution in [0.25, 0.3) is 0 Å². The Morgan fingerprint density at radius 2 is 2.60 bits per heavy atom. The first kappa shape index (κ1) is 10.5. The molecule has 0 spiro atoms. The summed E-state index contributed by atoms with van der Waals surface area (Å²) in [5.74, 6) is 2.49. The molecule has 1 unspecified atom stereocenters. The molecule has 1 N–H and O–H groups in total. The maximum absolute atomic E-state index is 11.7. The highest BCUT2D eigenvalue weighted by molar-refractivity contribution is 7.99. The smallest absolute Gasteiger partial charge is 0.224 e. The van der Waals surface area contributed by atoms with Crippen LogP contribution in [0.4, 0.5) is 0 Å². The van der Waals surface area contributed by atoms with Gasteiger partial charge in [0.15, 0.2) is 0 Å². The SMILES string of the molecule is O=C(NCc1cccnc1)C1CCSC1. The van der Waals surface area contributed by atoms with E-state index in [9.17, 15) is 4.79 Å². The van der Waals surface area contributed by atoms with Crippen LogP contribution < -0.4 is 5.32 Å².